The highest BCUT2D eigenvalue weighted by atomic mass is 32.1. The summed E-state index contributed by atoms with van der Waals surface area (Å²) < 4.78 is 5.34. The van der Waals surface area contributed by atoms with Gasteiger partial charge in [-0.15, -0.1) is 11.3 Å². The summed E-state index contributed by atoms with van der Waals surface area (Å²) in [5.41, 5.74) is 2.72. The molecule has 6 heteroatoms. The van der Waals surface area contributed by atoms with Crippen LogP contribution < -0.4 is 10.6 Å². The number of rotatable bonds is 4. The number of carbonyl (C=O) groups is 1. The topological polar surface area (TPSA) is 50.4 Å². The average molecular weight is 425 g/mol. The van der Waals surface area contributed by atoms with Crippen molar-refractivity contribution in [3.63, 3.8) is 0 Å². The molecule has 1 aromatic heterocycles. The van der Waals surface area contributed by atoms with Gasteiger partial charge < -0.3 is 15.4 Å². The van der Waals surface area contributed by atoms with E-state index in [9.17, 15) is 4.79 Å². The first-order valence-electron chi connectivity index (χ1n) is 9.94. The zero-order chi connectivity index (χ0) is 20.4. The maximum absolute atomic E-state index is 12.7. The van der Waals surface area contributed by atoms with E-state index in [0.29, 0.717) is 23.2 Å². The molecule has 0 radical (unpaired) electrons. The van der Waals surface area contributed by atoms with Gasteiger partial charge >= 0.3 is 5.97 Å². The third-order valence-electron chi connectivity index (χ3n) is 5.26. The lowest BCUT2D eigenvalue weighted by Crippen LogP contribution is -2.21. The number of thiophene rings is 1. The molecule has 2 N–H and O–H groups in total. The van der Waals surface area contributed by atoms with Crippen molar-refractivity contribution in [3.8, 4) is 0 Å². The van der Waals surface area contributed by atoms with E-state index in [0.717, 1.165) is 46.3 Å². The van der Waals surface area contributed by atoms with Crippen LogP contribution in [-0.4, -0.2) is 17.7 Å². The van der Waals surface area contributed by atoms with E-state index in [4.69, 9.17) is 17.0 Å². The van der Waals surface area contributed by atoms with Gasteiger partial charge in [0.25, 0.3) is 0 Å². The zero-order valence-corrected chi connectivity index (χ0v) is 18.2. The molecule has 150 valence electrons. The van der Waals surface area contributed by atoms with Crippen LogP contribution >= 0.6 is 23.6 Å². The van der Waals surface area contributed by atoms with Crippen molar-refractivity contribution < 1.29 is 9.53 Å². The summed E-state index contributed by atoms with van der Waals surface area (Å²) in [5, 5.41) is 10.1. The minimum absolute atomic E-state index is 0.269. The van der Waals surface area contributed by atoms with Crippen LogP contribution in [0.15, 0.2) is 42.5 Å². The number of carbonyl (C=O) groups excluding carboxylic acids is 1. The second-order valence-electron chi connectivity index (χ2n) is 7.38. The van der Waals surface area contributed by atoms with Gasteiger partial charge in [0.15, 0.2) is 5.11 Å². The highest BCUT2D eigenvalue weighted by Crippen LogP contribution is 2.40. The minimum atomic E-state index is -0.269. The van der Waals surface area contributed by atoms with Crippen molar-refractivity contribution in [2.45, 2.75) is 33.1 Å². The van der Waals surface area contributed by atoms with E-state index in [1.807, 2.05) is 31.2 Å². The van der Waals surface area contributed by atoms with Gasteiger partial charge in [0.1, 0.15) is 5.00 Å². The number of hydrogen-bond donors (Lipinski definition) is 2. The Hall–Kier alpha value is -2.44. The number of hydrogen-bond acceptors (Lipinski definition) is 4. The fourth-order valence-corrected chi connectivity index (χ4v) is 5.53. The van der Waals surface area contributed by atoms with Gasteiger partial charge in [0, 0.05) is 16.0 Å². The molecule has 4 rings (SSSR count). The molecule has 0 bridgehead atoms. The lowest BCUT2D eigenvalue weighted by atomic mass is 9.88. The first-order chi connectivity index (χ1) is 14.1. The summed E-state index contributed by atoms with van der Waals surface area (Å²) in [6.45, 7) is 4.45. The summed E-state index contributed by atoms with van der Waals surface area (Å²) in [5.74, 6) is 0.361. The first kappa shape index (κ1) is 19.9. The predicted molar refractivity (Wildman–Crippen MR) is 125 cm³/mol. The Morgan fingerprint density at radius 1 is 1.21 bits per heavy atom. The molecular weight excluding hydrogens is 400 g/mol. The number of thiocarbonyl (C=S) groups is 1. The van der Waals surface area contributed by atoms with Crippen molar-refractivity contribution in [1.82, 2.24) is 0 Å². The van der Waals surface area contributed by atoms with E-state index in [1.165, 1.54) is 4.88 Å². The Morgan fingerprint density at radius 3 is 2.83 bits per heavy atom. The molecule has 2 aromatic carbocycles. The molecular formula is C23H24N2O2S2. The molecule has 0 saturated heterocycles. The fraction of sp³-hybridized carbons (Fsp3) is 0.304. The van der Waals surface area contributed by atoms with Gasteiger partial charge in [-0.25, -0.2) is 4.79 Å². The quantitative estimate of drug-likeness (QED) is 0.397. The molecule has 0 saturated carbocycles. The van der Waals surface area contributed by atoms with Crippen LogP contribution in [-0.2, 0) is 17.6 Å². The molecule has 1 aliphatic carbocycles. The van der Waals surface area contributed by atoms with Crippen LogP contribution in [0, 0.1) is 5.92 Å². The van der Waals surface area contributed by atoms with Crippen LogP contribution in [0.3, 0.4) is 0 Å². The van der Waals surface area contributed by atoms with E-state index in [-0.39, 0.29) is 5.97 Å². The molecule has 29 heavy (non-hydrogen) atoms. The largest absolute Gasteiger partial charge is 0.462 e. The summed E-state index contributed by atoms with van der Waals surface area (Å²) in [6, 6.07) is 14.2. The van der Waals surface area contributed by atoms with E-state index < -0.39 is 0 Å². The molecule has 1 aliphatic rings. The number of fused-ring (bicyclic) bond motifs is 2. The standard InChI is InChI=1S/C23H24N2O2S2/c1-3-27-22(26)20-17-12-11-14(2)13-19(17)29-21(20)25-23(28)24-18-10-6-8-15-7-4-5-9-16(15)18/h4-10,14H,3,11-13H2,1-2H3,(H2,24,25,28). The Balaban J connectivity index is 1.61. The van der Waals surface area contributed by atoms with Crippen molar-refractivity contribution in [1.29, 1.82) is 0 Å². The first-order valence-corrected chi connectivity index (χ1v) is 11.2. The number of anilines is 2. The van der Waals surface area contributed by atoms with Gasteiger partial charge in [0.05, 0.1) is 12.2 Å². The molecule has 0 amide bonds. The normalized spacial score (nSPS) is 15.6. The van der Waals surface area contributed by atoms with Crippen LogP contribution in [0.2, 0.25) is 0 Å². The molecule has 0 aliphatic heterocycles. The minimum Gasteiger partial charge on any atom is -0.462 e. The molecule has 0 fully saturated rings. The zero-order valence-electron chi connectivity index (χ0n) is 16.6. The Labute approximate surface area is 180 Å². The fourth-order valence-electron chi connectivity index (χ4n) is 3.85. The monoisotopic (exact) mass is 424 g/mol. The highest BCUT2D eigenvalue weighted by Gasteiger charge is 2.28. The summed E-state index contributed by atoms with van der Waals surface area (Å²) in [6.07, 6.45) is 3.00. The average Bonchev–Trinajstić information content (AvgIpc) is 3.05. The lowest BCUT2D eigenvalue weighted by Gasteiger charge is -2.18. The third kappa shape index (κ3) is 4.14. The molecule has 3 aromatic rings. The van der Waals surface area contributed by atoms with Crippen molar-refractivity contribution in [3.05, 3.63) is 58.5 Å². The highest BCUT2D eigenvalue weighted by molar-refractivity contribution is 7.80. The smallest absolute Gasteiger partial charge is 0.341 e. The van der Waals surface area contributed by atoms with Crippen LogP contribution in [0.5, 0.6) is 0 Å². The maximum Gasteiger partial charge on any atom is 0.341 e. The Kier molecular flexibility index (Phi) is 5.83. The van der Waals surface area contributed by atoms with E-state index in [1.54, 1.807) is 11.3 Å². The summed E-state index contributed by atoms with van der Waals surface area (Å²) >= 11 is 7.21. The van der Waals surface area contributed by atoms with Crippen LogP contribution in [0.1, 0.15) is 41.1 Å². The second kappa shape index (κ2) is 8.51. The Bertz CT molecular complexity index is 1070. The molecule has 1 heterocycles. The van der Waals surface area contributed by atoms with Crippen molar-refractivity contribution in [2.24, 2.45) is 5.92 Å². The number of esters is 1. The van der Waals surface area contributed by atoms with Gasteiger partial charge in [-0.2, -0.15) is 0 Å². The van der Waals surface area contributed by atoms with Crippen molar-refractivity contribution >= 4 is 56.1 Å². The van der Waals surface area contributed by atoms with Crippen LogP contribution in [0.4, 0.5) is 10.7 Å². The van der Waals surface area contributed by atoms with Crippen LogP contribution in [0.25, 0.3) is 10.8 Å². The SMILES string of the molecule is CCOC(=O)c1c(NC(=S)Nc2cccc3ccccc23)sc2c1CCC(C)C2. The molecule has 0 spiro atoms. The van der Waals surface area contributed by atoms with E-state index >= 15 is 0 Å². The maximum atomic E-state index is 12.7. The molecule has 1 atom stereocenters. The Morgan fingerprint density at radius 2 is 2.00 bits per heavy atom. The van der Waals surface area contributed by atoms with Crippen molar-refractivity contribution in [2.75, 3.05) is 17.2 Å². The van der Waals surface area contributed by atoms with E-state index in [2.05, 4.69) is 35.8 Å². The second-order valence-corrected chi connectivity index (χ2v) is 8.90. The summed E-state index contributed by atoms with van der Waals surface area (Å²) in [4.78, 5) is 13.9. The molecule has 4 nitrogen and oxygen atoms in total. The molecule has 1 unspecified atom stereocenters. The summed E-state index contributed by atoms with van der Waals surface area (Å²) in [7, 11) is 0. The van der Waals surface area contributed by atoms with Gasteiger partial charge in [-0.3, -0.25) is 0 Å². The lowest BCUT2D eigenvalue weighted by molar-refractivity contribution is 0.0526. The third-order valence-corrected chi connectivity index (χ3v) is 6.63. The number of ether oxygens (including phenoxy) is 1. The van der Waals surface area contributed by atoms with Gasteiger partial charge in [-0.1, -0.05) is 43.3 Å². The number of benzene rings is 2. The predicted octanol–water partition coefficient (Wildman–Crippen LogP) is 6.01. The van der Waals surface area contributed by atoms with Gasteiger partial charge in [0.2, 0.25) is 0 Å². The van der Waals surface area contributed by atoms with Gasteiger partial charge in [-0.05, 0) is 61.3 Å². The number of nitrogens with one attached hydrogen (secondary N) is 2.